The predicted octanol–water partition coefficient (Wildman–Crippen LogP) is 3.43. The van der Waals surface area contributed by atoms with Crippen molar-refractivity contribution >= 4 is 17.6 Å². The summed E-state index contributed by atoms with van der Waals surface area (Å²) in [5.41, 5.74) is 3.63. The Labute approximate surface area is 90.1 Å². The first-order valence-electron chi connectivity index (χ1n) is 4.74. The molecule has 0 aliphatic carbocycles. The standard InChI is InChI=1S/C12H15FS/c1-9-3-4-10(2)12(5-9)6-11(7-13)8-14/h3-5,8,11H,6-7H2,1-2H3. The summed E-state index contributed by atoms with van der Waals surface area (Å²) in [6.07, 6.45) is 0.716. The summed E-state index contributed by atoms with van der Waals surface area (Å²) in [5, 5.41) is 1.53. The zero-order valence-corrected chi connectivity index (χ0v) is 9.40. The zero-order chi connectivity index (χ0) is 10.6. The molecular weight excluding hydrogens is 195 g/mol. The Hall–Kier alpha value is -0.760. The number of hydrogen-bond donors (Lipinski definition) is 0. The molecule has 1 aromatic carbocycles. The van der Waals surface area contributed by atoms with Crippen LogP contribution in [0.3, 0.4) is 0 Å². The molecule has 0 bridgehead atoms. The topological polar surface area (TPSA) is 0 Å². The van der Waals surface area contributed by atoms with Crippen LogP contribution in [0.2, 0.25) is 0 Å². The van der Waals surface area contributed by atoms with Gasteiger partial charge in [0.05, 0.1) is 6.67 Å². The molecule has 2 heteroatoms. The van der Waals surface area contributed by atoms with Crippen molar-refractivity contribution in [1.29, 1.82) is 0 Å². The van der Waals surface area contributed by atoms with E-state index in [1.165, 1.54) is 22.1 Å². The Morgan fingerprint density at radius 3 is 2.71 bits per heavy atom. The van der Waals surface area contributed by atoms with E-state index in [4.69, 9.17) is 12.2 Å². The molecule has 0 saturated carbocycles. The number of thiocarbonyl (C=S) groups is 1. The number of rotatable bonds is 4. The van der Waals surface area contributed by atoms with Gasteiger partial charge in [0.25, 0.3) is 0 Å². The molecule has 1 atom stereocenters. The smallest absolute Gasteiger partial charge is 0.0968 e. The van der Waals surface area contributed by atoms with Crippen LogP contribution >= 0.6 is 12.2 Å². The fraction of sp³-hybridized carbons (Fsp3) is 0.417. The van der Waals surface area contributed by atoms with E-state index in [0.29, 0.717) is 6.42 Å². The molecular formula is C12H15FS. The van der Waals surface area contributed by atoms with Crippen molar-refractivity contribution < 1.29 is 4.39 Å². The molecule has 0 radical (unpaired) electrons. The molecule has 0 aromatic heterocycles. The average molecular weight is 210 g/mol. The lowest BCUT2D eigenvalue weighted by molar-refractivity contribution is 0.431. The van der Waals surface area contributed by atoms with Crippen LogP contribution in [0.4, 0.5) is 4.39 Å². The van der Waals surface area contributed by atoms with E-state index in [1.54, 1.807) is 0 Å². The van der Waals surface area contributed by atoms with Gasteiger partial charge < -0.3 is 0 Å². The van der Waals surface area contributed by atoms with Gasteiger partial charge >= 0.3 is 0 Å². The van der Waals surface area contributed by atoms with Gasteiger partial charge in [0.15, 0.2) is 0 Å². The van der Waals surface area contributed by atoms with Crippen molar-refractivity contribution in [2.24, 2.45) is 5.92 Å². The fourth-order valence-corrected chi connectivity index (χ4v) is 1.61. The third-order valence-electron chi connectivity index (χ3n) is 2.38. The molecule has 14 heavy (non-hydrogen) atoms. The third-order valence-corrected chi connectivity index (χ3v) is 2.76. The lowest BCUT2D eigenvalue weighted by Gasteiger charge is -2.10. The first-order chi connectivity index (χ1) is 6.67. The average Bonchev–Trinajstić information content (AvgIpc) is 2.19. The molecule has 1 aromatic rings. The van der Waals surface area contributed by atoms with E-state index in [1.807, 2.05) is 13.8 Å². The van der Waals surface area contributed by atoms with E-state index < -0.39 is 0 Å². The molecule has 0 spiro atoms. The first kappa shape index (κ1) is 11.3. The Bertz CT molecular complexity index is 320. The van der Waals surface area contributed by atoms with Crippen molar-refractivity contribution in [3.05, 3.63) is 34.9 Å². The largest absolute Gasteiger partial charge is 0.250 e. The summed E-state index contributed by atoms with van der Waals surface area (Å²) in [4.78, 5) is 0. The van der Waals surface area contributed by atoms with Crippen LogP contribution in [-0.4, -0.2) is 12.0 Å². The third kappa shape index (κ3) is 2.88. The molecule has 0 amide bonds. The quantitative estimate of drug-likeness (QED) is 0.686. The second-order valence-corrected chi connectivity index (χ2v) is 3.96. The Morgan fingerprint density at radius 2 is 2.14 bits per heavy atom. The van der Waals surface area contributed by atoms with E-state index in [-0.39, 0.29) is 12.6 Å². The highest BCUT2D eigenvalue weighted by molar-refractivity contribution is 7.79. The second-order valence-electron chi connectivity index (χ2n) is 3.68. The monoisotopic (exact) mass is 210 g/mol. The van der Waals surface area contributed by atoms with Crippen molar-refractivity contribution in [3.63, 3.8) is 0 Å². The second kappa shape index (κ2) is 5.20. The Kier molecular flexibility index (Phi) is 4.21. The number of halogens is 1. The van der Waals surface area contributed by atoms with Gasteiger partial charge in [-0.05, 0) is 36.8 Å². The molecule has 1 unspecified atom stereocenters. The minimum absolute atomic E-state index is 0.120. The van der Waals surface area contributed by atoms with Crippen LogP contribution in [0.5, 0.6) is 0 Å². The lowest BCUT2D eigenvalue weighted by Crippen LogP contribution is -2.08. The molecule has 76 valence electrons. The zero-order valence-electron chi connectivity index (χ0n) is 8.59. The van der Waals surface area contributed by atoms with Gasteiger partial charge in [-0.25, -0.2) is 0 Å². The molecule has 0 nitrogen and oxygen atoms in total. The van der Waals surface area contributed by atoms with Gasteiger partial charge in [0, 0.05) is 5.92 Å². The fourth-order valence-electron chi connectivity index (χ4n) is 1.44. The molecule has 0 aliphatic rings. The van der Waals surface area contributed by atoms with Gasteiger partial charge in [-0.2, -0.15) is 0 Å². The SMILES string of the molecule is Cc1ccc(C)c(CC(C=S)CF)c1. The maximum Gasteiger partial charge on any atom is 0.0968 e. The van der Waals surface area contributed by atoms with Crippen LogP contribution in [0.25, 0.3) is 0 Å². The number of alkyl halides is 1. The van der Waals surface area contributed by atoms with Crippen LogP contribution < -0.4 is 0 Å². The first-order valence-corrected chi connectivity index (χ1v) is 5.22. The summed E-state index contributed by atoms with van der Waals surface area (Å²) in [6.45, 7) is 3.73. The Balaban J connectivity index is 2.84. The van der Waals surface area contributed by atoms with Gasteiger partial charge in [-0.1, -0.05) is 36.0 Å². The highest BCUT2D eigenvalue weighted by Crippen LogP contribution is 2.15. The maximum atomic E-state index is 12.5. The molecule has 0 heterocycles. The van der Waals surface area contributed by atoms with E-state index in [0.717, 1.165) is 0 Å². The van der Waals surface area contributed by atoms with Crippen LogP contribution in [0.15, 0.2) is 18.2 Å². The minimum atomic E-state index is -0.364. The van der Waals surface area contributed by atoms with Gasteiger partial charge in [0.1, 0.15) is 0 Å². The van der Waals surface area contributed by atoms with Crippen LogP contribution in [0.1, 0.15) is 16.7 Å². The number of aryl methyl sites for hydroxylation is 2. The minimum Gasteiger partial charge on any atom is -0.250 e. The van der Waals surface area contributed by atoms with E-state index in [9.17, 15) is 4.39 Å². The van der Waals surface area contributed by atoms with Crippen LogP contribution in [-0.2, 0) is 6.42 Å². The van der Waals surface area contributed by atoms with Gasteiger partial charge in [-0.15, -0.1) is 0 Å². The summed E-state index contributed by atoms with van der Waals surface area (Å²) in [5.74, 6) is -0.120. The van der Waals surface area contributed by atoms with Crippen molar-refractivity contribution in [2.45, 2.75) is 20.3 Å². The molecule has 0 fully saturated rings. The molecule has 0 saturated heterocycles. The maximum absolute atomic E-state index is 12.5. The van der Waals surface area contributed by atoms with Crippen LogP contribution in [0, 0.1) is 19.8 Å². The highest BCUT2D eigenvalue weighted by atomic mass is 32.1. The summed E-state index contributed by atoms with van der Waals surface area (Å²) >= 11 is 4.78. The van der Waals surface area contributed by atoms with Crippen molar-refractivity contribution in [2.75, 3.05) is 6.67 Å². The van der Waals surface area contributed by atoms with Crippen molar-refractivity contribution in [1.82, 2.24) is 0 Å². The predicted molar refractivity (Wildman–Crippen MR) is 62.7 cm³/mol. The number of hydrogen-bond acceptors (Lipinski definition) is 1. The summed E-state index contributed by atoms with van der Waals surface area (Å²) in [7, 11) is 0. The van der Waals surface area contributed by atoms with E-state index in [2.05, 4.69) is 18.2 Å². The Morgan fingerprint density at radius 1 is 1.43 bits per heavy atom. The highest BCUT2D eigenvalue weighted by Gasteiger charge is 2.07. The van der Waals surface area contributed by atoms with Gasteiger partial charge in [-0.3, -0.25) is 4.39 Å². The summed E-state index contributed by atoms with van der Waals surface area (Å²) < 4.78 is 12.5. The van der Waals surface area contributed by atoms with Gasteiger partial charge in [0.2, 0.25) is 0 Å². The number of benzene rings is 1. The van der Waals surface area contributed by atoms with E-state index >= 15 is 0 Å². The van der Waals surface area contributed by atoms with Crippen molar-refractivity contribution in [3.8, 4) is 0 Å². The lowest BCUT2D eigenvalue weighted by atomic mass is 9.97. The molecule has 0 N–H and O–H groups in total. The molecule has 1 rings (SSSR count). The summed E-state index contributed by atoms with van der Waals surface area (Å²) in [6, 6.07) is 6.25. The normalized spacial score (nSPS) is 12.5. The molecule has 0 aliphatic heterocycles.